The number of carbonyl (C=O) groups is 1. The van der Waals surface area contributed by atoms with Crippen molar-refractivity contribution < 1.29 is 4.79 Å². The van der Waals surface area contributed by atoms with E-state index in [1.54, 1.807) is 29.0 Å². The summed E-state index contributed by atoms with van der Waals surface area (Å²) in [5.74, 6) is -0.0628. The number of carbonyl (C=O) groups excluding carboxylic acids is 1. The predicted molar refractivity (Wildman–Crippen MR) is 108 cm³/mol. The predicted octanol–water partition coefficient (Wildman–Crippen LogP) is 3.64. The van der Waals surface area contributed by atoms with Crippen LogP contribution < -0.4 is 0 Å². The van der Waals surface area contributed by atoms with Gasteiger partial charge >= 0.3 is 0 Å². The minimum Gasteiger partial charge on any atom is -0.337 e. The molecular weight excluding hydrogens is 350 g/mol. The summed E-state index contributed by atoms with van der Waals surface area (Å²) in [5, 5.41) is 8.79. The Balaban J connectivity index is 1.50. The van der Waals surface area contributed by atoms with Gasteiger partial charge in [0.15, 0.2) is 0 Å². The molecule has 0 saturated carbocycles. The summed E-state index contributed by atoms with van der Waals surface area (Å²) in [4.78, 5) is 14.6. The first-order chi connectivity index (χ1) is 13.6. The molecule has 6 nitrogen and oxygen atoms in total. The van der Waals surface area contributed by atoms with E-state index in [4.69, 9.17) is 0 Å². The molecule has 4 rings (SSSR count). The summed E-state index contributed by atoms with van der Waals surface area (Å²) >= 11 is 0. The van der Waals surface area contributed by atoms with Gasteiger partial charge in [0, 0.05) is 25.4 Å². The van der Waals surface area contributed by atoms with Gasteiger partial charge in [-0.15, -0.1) is 0 Å². The van der Waals surface area contributed by atoms with Crippen molar-refractivity contribution in [3.05, 3.63) is 96.1 Å². The van der Waals surface area contributed by atoms with Crippen molar-refractivity contribution in [3.63, 3.8) is 0 Å². The number of para-hydroxylation sites is 2. The topological polar surface area (TPSA) is 56.0 Å². The van der Waals surface area contributed by atoms with Crippen molar-refractivity contribution in [2.75, 3.05) is 7.05 Å². The summed E-state index contributed by atoms with van der Waals surface area (Å²) in [6, 6.07) is 19.7. The summed E-state index contributed by atoms with van der Waals surface area (Å²) < 4.78 is 3.60. The van der Waals surface area contributed by atoms with E-state index in [-0.39, 0.29) is 5.91 Å². The van der Waals surface area contributed by atoms with Crippen LogP contribution in [0.15, 0.2) is 79.3 Å². The van der Waals surface area contributed by atoms with E-state index in [2.05, 4.69) is 10.2 Å². The lowest BCUT2D eigenvalue weighted by atomic mass is 10.2. The van der Waals surface area contributed by atoms with Crippen molar-refractivity contribution in [3.8, 4) is 11.4 Å². The Morgan fingerprint density at radius 1 is 0.929 bits per heavy atom. The van der Waals surface area contributed by atoms with Crippen LogP contribution in [-0.2, 0) is 6.54 Å². The molecule has 140 valence electrons. The molecule has 2 aromatic carbocycles. The molecule has 0 bridgehead atoms. The number of benzene rings is 2. The Kier molecular flexibility index (Phi) is 4.76. The van der Waals surface area contributed by atoms with E-state index in [0.29, 0.717) is 12.1 Å². The van der Waals surface area contributed by atoms with Crippen molar-refractivity contribution in [2.24, 2.45) is 0 Å². The third-order valence-electron chi connectivity index (χ3n) is 4.66. The van der Waals surface area contributed by atoms with E-state index < -0.39 is 0 Å². The van der Waals surface area contributed by atoms with Crippen LogP contribution in [0.4, 0.5) is 0 Å². The third-order valence-corrected chi connectivity index (χ3v) is 4.66. The summed E-state index contributed by atoms with van der Waals surface area (Å²) in [6.07, 6.45) is 5.37. The Labute approximate surface area is 163 Å². The fraction of sp³-hybridized carbons (Fsp3) is 0.136. The number of aromatic nitrogens is 4. The number of hydrogen-bond acceptors (Lipinski definition) is 3. The van der Waals surface area contributed by atoms with Gasteiger partial charge < -0.3 is 4.90 Å². The first-order valence-electron chi connectivity index (χ1n) is 9.08. The van der Waals surface area contributed by atoms with Gasteiger partial charge in [-0.2, -0.15) is 10.2 Å². The van der Waals surface area contributed by atoms with E-state index >= 15 is 0 Å². The van der Waals surface area contributed by atoms with Crippen molar-refractivity contribution >= 4 is 5.91 Å². The van der Waals surface area contributed by atoms with Gasteiger partial charge in [-0.3, -0.25) is 4.79 Å². The number of nitrogens with zero attached hydrogens (tertiary/aromatic N) is 5. The first-order valence-corrected chi connectivity index (χ1v) is 9.08. The van der Waals surface area contributed by atoms with E-state index in [1.165, 1.54) is 0 Å². The summed E-state index contributed by atoms with van der Waals surface area (Å²) in [6.45, 7) is 2.39. The maximum absolute atomic E-state index is 12.9. The molecule has 4 aromatic rings. The molecule has 2 aromatic heterocycles. The number of amides is 1. The maximum atomic E-state index is 12.9. The van der Waals surface area contributed by atoms with Crippen molar-refractivity contribution in [1.29, 1.82) is 0 Å². The Hall–Kier alpha value is -3.67. The van der Waals surface area contributed by atoms with Gasteiger partial charge in [0.05, 0.1) is 35.0 Å². The summed E-state index contributed by atoms with van der Waals surface area (Å²) in [5.41, 5.74) is 4.31. The molecule has 0 radical (unpaired) electrons. The van der Waals surface area contributed by atoms with Crippen LogP contribution in [0.5, 0.6) is 0 Å². The number of rotatable bonds is 5. The molecule has 0 unspecified atom stereocenters. The lowest BCUT2D eigenvalue weighted by Crippen LogP contribution is -2.26. The van der Waals surface area contributed by atoms with Crippen molar-refractivity contribution in [2.45, 2.75) is 13.5 Å². The van der Waals surface area contributed by atoms with Gasteiger partial charge in [0.2, 0.25) is 0 Å². The van der Waals surface area contributed by atoms with E-state index in [9.17, 15) is 4.79 Å². The van der Waals surface area contributed by atoms with Gasteiger partial charge in [-0.1, -0.05) is 36.4 Å². The molecule has 0 saturated heterocycles. The average molecular weight is 371 g/mol. The Morgan fingerprint density at radius 3 is 2.25 bits per heavy atom. The third kappa shape index (κ3) is 3.44. The second kappa shape index (κ2) is 7.52. The van der Waals surface area contributed by atoms with Crippen LogP contribution in [0.2, 0.25) is 0 Å². The monoisotopic (exact) mass is 371 g/mol. The van der Waals surface area contributed by atoms with Gasteiger partial charge in [-0.05, 0) is 31.2 Å². The smallest absolute Gasteiger partial charge is 0.257 e. The highest BCUT2D eigenvalue weighted by Crippen LogP contribution is 2.17. The highest BCUT2D eigenvalue weighted by atomic mass is 16.2. The minimum atomic E-state index is -0.0628. The molecule has 6 heteroatoms. The number of hydrogen-bond donors (Lipinski definition) is 0. The average Bonchev–Trinajstić information content (AvgIpc) is 3.35. The fourth-order valence-corrected chi connectivity index (χ4v) is 3.16. The molecular formula is C22H21N5O. The minimum absolute atomic E-state index is 0.0628. The van der Waals surface area contributed by atoms with Crippen molar-refractivity contribution in [1.82, 2.24) is 24.5 Å². The molecule has 0 aliphatic rings. The second-order valence-electron chi connectivity index (χ2n) is 6.68. The molecule has 0 N–H and O–H groups in total. The normalized spacial score (nSPS) is 10.8. The zero-order chi connectivity index (χ0) is 19.5. The van der Waals surface area contributed by atoms with Gasteiger partial charge in [0.1, 0.15) is 0 Å². The highest BCUT2D eigenvalue weighted by molar-refractivity contribution is 5.95. The van der Waals surface area contributed by atoms with Crippen LogP contribution in [0.1, 0.15) is 21.6 Å². The molecule has 0 aliphatic heterocycles. The maximum Gasteiger partial charge on any atom is 0.257 e. The van der Waals surface area contributed by atoms with Crippen LogP contribution in [0.3, 0.4) is 0 Å². The molecule has 0 atom stereocenters. The van der Waals surface area contributed by atoms with Crippen LogP contribution in [-0.4, -0.2) is 37.4 Å². The molecule has 0 aliphatic carbocycles. The highest BCUT2D eigenvalue weighted by Gasteiger charge is 2.19. The van der Waals surface area contributed by atoms with Crippen LogP contribution >= 0.6 is 0 Å². The fourth-order valence-electron chi connectivity index (χ4n) is 3.16. The quantitative estimate of drug-likeness (QED) is 0.538. The second-order valence-corrected chi connectivity index (χ2v) is 6.68. The molecule has 1 amide bonds. The zero-order valence-corrected chi connectivity index (χ0v) is 15.9. The Morgan fingerprint density at radius 2 is 1.57 bits per heavy atom. The standard InChI is InChI=1S/C22H21N5O/c1-17-21(14-24-27(17)20-11-7-4-8-12-20)22(28)25(2)15-18-13-23-26(16-18)19-9-5-3-6-10-19/h3-14,16H,15H2,1-2H3. The Bertz CT molecular complexity index is 1080. The summed E-state index contributed by atoms with van der Waals surface area (Å²) in [7, 11) is 1.79. The van der Waals surface area contributed by atoms with Gasteiger partial charge in [0.25, 0.3) is 5.91 Å². The molecule has 28 heavy (non-hydrogen) atoms. The SMILES string of the molecule is Cc1c(C(=O)N(C)Cc2cnn(-c3ccccc3)c2)cnn1-c1ccccc1. The lowest BCUT2D eigenvalue weighted by molar-refractivity contribution is 0.0784. The van der Waals surface area contributed by atoms with Crippen LogP contribution in [0.25, 0.3) is 11.4 Å². The lowest BCUT2D eigenvalue weighted by Gasteiger charge is -2.16. The molecule has 2 heterocycles. The molecule has 0 fully saturated rings. The van der Waals surface area contributed by atoms with E-state index in [0.717, 1.165) is 22.6 Å². The first kappa shape index (κ1) is 17.7. The van der Waals surface area contributed by atoms with Crippen LogP contribution in [0, 0.1) is 6.92 Å². The van der Waals surface area contributed by atoms with E-state index in [1.807, 2.05) is 78.5 Å². The zero-order valence-electron chi connectivity index (χ0n) is 15.9. The largest absolute Gasteiger partial charge is 0.337 e. The molecule has 0 spiro atoms. The van der Waals surface area contributed by atoms with Gasteiger partial charge in [-0.25, -0.2) is 9.36 Å².